The van der Waals surface area contributed by atoms with Crippen LogP contribution in [0, 0.1) is 0 Å². The zero-order valence-corrected chi connectivity index (χ0v) is 10.1. The van der Waals surface area contributed by atoms with Crippen molar-refractivity contribution in [3.05, 3.63) is 16.6 Å². The maximum absolute atomic E-state index is 11.8. The third-order valence-electron chi connectivity index (χ3n) is 2.34. The fourth-order valence-corrected chi connectivity index (χ4v) is 2.07. The SMILES string of the molecule is CC(NC(=O)C1=NNC(=O)CC1)c1nccs1. The van der Waals surface area contributed by atoms with Crippen molar-refractivity contribution < 1.29 is 9.59 Å². The highest BCUT2D eigenvalue weighted by atomic mass is 32.1. The first-order valence-electron chi connectivity index (χ1n) is 5.22. The topological polar surface area (TPSA) is 83.5 Å². The van der Waals surface area contributed by atoms with Gasteiger partial charge in [0.15, 0.2) is 0 Å². The van der Waals surface area contributed by atoms with Gasteiger partial charge in [-0.3, -0.25) is 9.59 Å². The van der Waals surface area contributed by atoms with Gasteiger partial charge in [-0.25, -0.2) is 10.4 Å². The van der Waals surface area contributed by atoms with E-state index in [1.165, 1.54) is 11.3 Å². The van der Waals surface area contributed by atoms with Crippen LogP contribution in [0.4, 0.5) is 0 Å². The van der Waals surface area contributed by atoms with Crippen LogP contribution in [0.5, 0.6) is 0 Å². The maximum Gasteiger partial charge on any atom is 0.268 e. The Balaban J connectivity index is 1.95. The molecule has 1 atom stereocenters. The molecule has 6 nitrogen and oxygen atoms in total. The van der Waals surface area contributed by atoms with Crippen molar-refractivity contribution in [2.45, 2.75) is 25.8 Å². The minimum Gasteiger partial charge on any atom is -0.342 e. The number of nitrogens with zero attached hydrogens (tertiary/aromatic N) is 2. The Bertz CT molecular complexity index is 455. The average Bonchev–Trinajstić information content (AvgIpc) is 2.83. The summed E-state index contributed by atoms with van der Waals surface area (Å²) in [4.78, 5) is 26.8. The summed E-state index contributed by atoms with van der Waals surface area (Å²) >= 11 is 1.48. The summed E-state index contributed by atoms with van der Waals surface area (Å²) in [5.74, 6) is -0.415. The van der Waals surface area contributed by atoms with Crippen LogP contribution in [0.2, 0.25) is 0 Å². The first kappa shape index (κ1) is 11.7. The van der Waals surface area contributed by atoms with Crippen molar-refractivity contribution in [3.63, 3.8) is 0 Å². The van der Waals surface area contributed by atoms with E-state index in [4.69, 9.17) is 0 Å². The molecule has 2 heterocycles. The van der Waals surface area contributed by atoms with Crippen molar-refractivity contribution in [2.75, 3.05) is 0 Å². The van der Waals surface area contributed by atoms with Gasteiger partial charge in [-0.2, -0.15) is 5.10 Å². The van der Waals surface area contributed by atoms with Gasteiger partial charge in [0.1, 0.15) is 10.7 Å². The Labute approximate surface area is 102 Å². The number of hydrogen-bond donors (Lipinski definition) is 2. The van der Waals surface area contributed by atoms with Crippen molar-refractivity contribution in [2.24, 2.45) is 5.10 Å². The highest BCUT2D eigenvalue weighted by molar-refractivity contribution is 7.09. The van der Waals surface area contributed by atoms with E-state index in [9.17, 15) is 9.59 Å². The molecule has 2 N–H and O–H groups in total. The minimum absolute atomic E-state index is 0.150. The third kappa shape index (κ3) is 2.88. The summed E-state index contributed by atoms with van der Waals surface area (Å²) in [7, 11) is 0. The van der Waals surface area contributed by atoms with E-state index in [1.54, 1.807) is 6.20 Å². The lowest BCUT2D eigenvalue weighted by molar-refractivity contribution is -0.121. The molecule has 1 aromatic heterocycles. The van der Waals surface area contributed by atoms with Gasteiger partial charge in [0.2, 0.25) is 5.91 Å². The van der Waals surface area contributed by atoms with Crippen molar-refractivity contribution in [3.8, 4) is 0 Å². The van der Waals surface area contributed by atoms with E-state index in [0.717, 1.165) is 5.01 Å². The van der Waals surface area contributed by atoms with Crippen LogP contribution in [0.3, 0.4) is 0 Å². The molecular weight excluding hydrogens is 240 g/mol. The van der Waals surface area contributed by atoms with Gasteiger partial charge in [0.05, 0.1) is 6.04 Å². The second-order valence-corrected chi connectivity index (χ2v) is 4.59. The standard InChI is InChI=1S/C10H12N4O2S/c1-6(10-11-4-5-17-10)12-9(16)7-2-3-8(15)14-13-7/h4-6H,2-3H2,1H3,(H,12,16)(H,14,15). The molecule has 1 unspecified atom stereocenters. The molecule has 0 saturated heterocycles. The highest BCUT2D eigenvalue weighted by Gasteiger charge is 2.20. The van der Waals surface area contributed by atoms with Gasteiger partial charge < -0.3 is 5.32 Å². The first-order chi connectivity index (χ1) is 8.16. The largest absolute Gasteiger partial charge is 0.342 e. The molecule has 1 aromatic rings. The van der Waals surface area contributed by atoms with Crippen molar-refractivity contribution >= 4 is 28.9 Å². The smallest absolute Gasteiger partial charge is 0.268 e. The fourth-order valence-electron chi connectivity index (χ4n) is 1.43. The molecule has 0 aromatic carbocycles. The molecule has 17 heavy (non-hydrogen) atoms. The Morgan fingerprint density at radius 2 is 2.41 bits per heavy atom. The van der Waals surface area contributed by atoms with Crippen molar-refractivity contribution in [1.82, 2.24) is 15.7 Å². The second-order valence-electron chi connectivity index (χ2n) is 3.66. The van der Waals surface area contributed by atoms with Crippen LogP contribution < -0.4 is 10.7 Å². The van der Waals surface area contributed by atoms with Gasteiger partial charge in [-0.05, 0) is 6.92 Å². The van der Waals surface area contributed by atoms with Gasteiger partial charge >= 0.3 is 0 Å². The Hall–Kier alpha value is -1.76. The van der Waals surface area contributed by atoms with E-state index in [0.29, 0.717) is 18.6 Å². The molecule has 0 fully saturated rings. The van der Waals surface area contributed by atoms with Gasteiger partial charge in [0, 0.05) is 24.4 Å². The third-order valence-corrected chi connectivity index (χ3v) is 3.29. The molecule has 1 aliphatic heterocycles. The Morgan fingerprint density at radius 1 is 1.59 bits per heavy atom. The first-order valence-corrected chi connectivity index (χ1v) is 6.10. The summed E-state index contributed by atoms with van der Waals surface area (Å²) in [5, 5.41) is 9.23. The molecular formula is C10H12N4O2S. The highest BCUT2D eigenvalue weighted by Crippen LogP contribution is 2.14. The zero-order valence-electron chi connectivity index (χ0n) is 9.27. The number of carbonyl (C=O) groups excluding carboxylic acids is 2. The van der Waals surface area contributed by atoms with Crippen molar-refractivity contribution in [1.29, 1.82) is 0 Å². The number of rotatable bonds is 3. The average molecular weight is 252 g/mol. The van der Waals surface area contributed by atoms with Crippen LogP contribution in [-0.4, -0.2) is 22.5 Å². The molecule has 0 spiro atoms. The molecule has 1 aliphatic rings. The van der Waals surface area contributed by atoms with E-state index in [2.05, 4.69) is 20.8 Å². The molecule has 0 bridgehead atoms. The van der Waals surface area contributed by atoms with Crippen LogP contribution in [0.25, 0.3) is 0 Å². The summed E-state index contributed by atoms with van der Waals surface area (Å²) in [6.07, 6.45) is 2.38. The number of aromatic nitrogens is 1. The summed E-state index contributed by atoms with van der Waals surface area (Å²) in [5.41, 5.74) is 2.65. The number of thiazole rings is 1. The molecule has 7 heteroatoms. The van der Waals surface area contributed by atoms with Crippen LogP contribution >= 0.6 is 11.3 Å². The van der Waals surface area contributed by atoms with Gasteiger partial charge in [-0.1, -0.05) is 0 Å². The summed E-state index contributed by atoms with van der Waals surface area (Å²) in [6.45, 7) is 1.86. The molecule has 0 saturated carbocycles. The summed E-state index contributed by atoms with van der Waals surface area (Å²) in [6, 6.07) is -0.150. The van der Waals surface area contributed by atoms with Crippen LogP contribution in [0.1, 0.15) is 30.8 Å². The minimum atomic E-state index is -0.257. The Kier molecular flexibility index (Phi) is 3.48. The van der Waals surface area contributed by atoms with E-state index < -0.39 is 0 Å². The van der Waals surface area contributed by atoms with Gasteiger partial charge in [-0.15, -0.1) is 11.3 Å². The monoisotopic (exact) mass is 252 g/mol. The molecule has 90 valence electrons. The normalized spacial score (nSPS) is 17.0. The van der Waals surface area contributed by atoms with E-state index in [1.807, 2.05) is 12.3 Å². The van der Waals surface area contributed by atoms with E-state index >= 15 is 0 Å². The number of nitrogens with one attached hydrogen (secondary N) is 2. The molecule has 0 aliphatic carbocycles. The molecule has 2 rings (SSSR count). The second kappa shape index (κ2) is 5.05. The number of amides is 2. The van der Waals surface area contributed by atoms with Gasteiger partial charge in [0.25, 0.3) is 5.91 Å². The predicted octanol–water partition coefficient (Wildman–Crippen LogP) is 0.586. The quantitative estimate of drug-likeness (QED) is 0.825. The fraction of sp³-hybridized carbons (Fsp3) is 0.400. The molecule has 0 radical (unpaired) electrons. The lowest BCUT2D eigenvalue weighted by Crippen LogP contribution is -2.37. The number of carbonyl (C=O) groups is 2. The lowest BCUT2D eigenvalue weighted by Gasteiger charge is -2.14. The number of hydrogen-bond acceptors (Lipinski definition) is 5. The Morgan fingerprint density at radius 3 is 3.00 bits per heavy atom. The van der Waals surface area contributed by atoms with Crippen LogP contribution in [0.15, 0.2) is 16.7 Å². The van der Waals surface area contributed by atoms with E-state index in [-0.39, 0.29) is 17.9 Å². The maximum atomic E-state index is 11.8. The predicted molar refractivity (Wildman–Crippen MR) is 63.5 cm³/mol. The number of hydrazone groups is 1. The van der Waals surface area contributed by atoms with Crippen LogP contribution in [-0.2, 0) is 9.59 Å². The summed E-state index contributed by atoms with van der Waals surface area (Å²) < 4.78 is 0. The zero-order chi connectivity index (χ0) is 12.3. The lowest BCUT2D eigenvalue weighted by atomic mass is 10.1. The molecule has 2 amide bonds.